The molecule has 0 heterocycles. The van der Waals surface area contributed by atoms with Crippen LogP contribution in [-0.4, -0.2) is 0 Å². The summed E-state index contributed by atoms with van der Waals surface area (Å²) in [5, 5.41) is 2.56. The molecule has 1 unspecified atom stereocenters. The van der Waals surface area contributed by atoms with Crippen LogP contribution in [0.2, 0.25) is 0 Å². The number of fused-ring (bicyclic) bond motifs is 1. The van der Waals surface area contributed by atoms with E-state index < -0.39 is 0 Å². The van der Waals surface area contributed by atoms with Gasteiger partial charge in [0.05, 0.1) is 0 Å². The lowest BCUT2D eigenvalue weighted by Crippen LogP contribution is -2.12. The number of benzene rings is 2. The molecule has 0 saturated heterocycles. The average Bonchev–Trinajstić information content (AvgIpc) is 2.27. The molecule has 2 rings (SSSR count). The lowest BCUT2D eigenvalue weighted by Gasteiger charge is -2.15. The van der Waals surface area contributed by atoms with Crippen molar-refractivity contribution in [1.82, 2.24) is 0 Å². The van der Waals surface area contributed by atoms with Gasteiger partial charge in [0.15, 0.2) is 0 Å². The van der Waals surface area contributed by atoms with E-state index in [1.165, 1.54) is 16.3 Å². The van der Waals surface area contributed by atoms with Crippen molar-refractivity contribution in [3.63, 3.8) is 0 Å². The summed E-state index contributed by atoms with van der Waals surface area (Å²) in [6.45, 7) is 4.42. The first-order valence-corrected chi connectivity index (χ1v) is 5.91. The minimum atomic E-state index is 0.157. The predicted octanol–water partition coefficient (Wildman–Crippen LogP) is 3.89. The first kappa shape index (κ1) is 11.2. The molecule has 1 heteroatoms. The van der Waals surface area contributed by atoms with Crippen LogP contribution in [0.15, 0.2) is 42.5 Å². The van der Waals surface area contributed by atoms with Crippen molar-refractivity contribution >= 4 is 10.8 Å². The third-order valence-electron chi connectivity index (χ3n) is 2.93. The Labute approximate surface area is 97.3 Å². The van der Waals surface area contributed by atoms with Crippen molar-refractivity contribution < 1.29 is 0 Å². The van der Waals surface area contributed by atoms with Gasteiger partial charge in [-0.1, -0.05) is 50.2 Å². The zero-order valence-corrected chi connectivity index (χ0v) is 9.98. The Hall–Kier alpha value is -1.34. The third-order valence-corrected chi connectivity index (χ3v) is 2.93. The lowest BCUT2D eigenvalue weighted by molar-refractivity contribution is 0.510. The second-order valence-electron chi connectivity index (χ2n) is 4.84. The van der Waals surface area contributed by atoms with E-state index in [0.29, 0.717) is 5.92 Å². The van der Waals surface area contributed by atoms with Gasteiger partial charge in [-0.2, -0.15) is 0 Å². The highest BCUT2D eigenvalue weighted by atomic mass is 14.6. The molecule has 0 amide bonds. The van der Waals surface area contributed by atoms with Crippen molar-refractivity contribution in [3.8, 4) is 0 Å². The molecule has 0 saturated carbocycles. The van der Waals surface area contributed by atoms with Crippen LogP contribution < -0.4 is 5.73 Å². The monoisotopic (exact) mass is 213 g/mol. The van der Waals surface area contributed by atoms with Gasteiger partial charge >= 0.3 is 0 Å². The highest BCUT2D eigenvalue weighted by Gasteiger charge is 2.08. The molecule has 0 radical (unpaired) electrons. The second kappa shape index (κ2) is 4.67. The molecule has 0 aliphatic carbocycles. The van der Waals surface area contributed by atoms with Gasteiger partial charge in [-0.05, 0) is 34.7 Å². The summed E-state index contributed by atoms with van der Waals surface area (Å²) in [4.78, 5) is 0. The van der Waals surface area contributed by atoms with Crippen LogP contribution >= 0.6 is 0 Å². The molecule has 0 spiro atoms. The van der Waals surface area contributed by atoms with E-state index in [-0.39, 0.29) is 6.04 Å². The van der Waals surface area contributed by atoms with Crippen LogP contribution in [0.1, 0.15) is 31.9 Å². The molecule has 84 valence electrons. The topological polar surface area (TPSA) is 26.0 Å². The van der Waals surface area contributed by atoms with Crippen LogP contribution in [-0.2, 0) is 0 Å². The zero-order chi connectivity index (χ0) is 11.5. The fourth-order valence-electron chi connectivity index (χ4n) is 2.08. The van der Waals surface area contributed by atoms with Crippen LogP contribution in [0.25, 0.3) is 10.8 Å². The molecule has 2 aromatic rings. The van der Waals surface area contributed by atoms with Gasteiger partial charge in [0, 0.05) is 6.04 Å². The van der Waals surface area contributed by atoms with E-state index in [1.54, 1.807) is 0 Å². The summed E-state index contributed by atoms with van der Waals surface area (Å²) in [5.74, 6) is 0.640. The van der Waals surface area contributed by atoms with E-state index in [1.807, 2.05) is 0 Å². The molecule has 2 aromatic carbocycles. The predicted molar refractivity (Wildman–Crippen MR) is 70.3 cm³/mol. The molecule has 16 heavy (non-hydrogen) atoms. The van der Waals surface area contributed by atoms with E-state index in [2.05, 4.69) is 56.3 Å². The Kier molecular flexibility index (Phi) is 3.25. The van der Waals surface area contributed by atoms with Crippen LogP contribution in [0.5, 0.6) is 0 Å². The minimum Gasteiger partial charge on any atom is -0.324 e. The van der Waals surface area contributed by atoms with E-state index in [4.69, 9.17) is 5.73 Å². The molecular formula is C15H19N. The van der Waals surface area contributed by atoms with E-state index in [0.717, 1.165) is 6.42 Å². The summed E-state index contributed by atoms with van der Waals surface area (Å²) >= 11 is 0. The molecule has 0 fully saturated rings. The standard InChI is InChI=1S/C15H19N/c1-11(2)9-15(16)14-8-7-12-5-3-4-6-13(12)10-14/h3-8,10-11,15H,9,16H2,1-2H3. The lowest BCUT2D eigenvalue weighted by atomic mass is 9.96. The summed E-state index contributed by atoms with van der Waals surface area (Å²) in [5.41, 5.74) is 7.43. The van der Waals surface area contributed by atoms with Crippen molar-refractivity contribution in [1.29, 1.82) is 0 Å². The summed E-state index contributed by atoms with van der Waals surface area (Å²) in [6.07, 6.45) is 1.04. The van der Waals surface area contributed by atoms with E-state index >= 15 is 0 Å². The number of rotatable bonds is 3. The fourth-order valence-corrected chi connectivity index (χ4v) is 2.08. The van der Waals surface area contributed by atoms with Gasteiger partial charge < -0.3 is 5.73 Å². The molecule has 1 atom stereocenters. The Morgan fingerprint density at radius 1 is 1.00 bits per heavy atom. The minimum absolute atomic E-state index is 0.157. The normalized spacial score (nSPS) is 13.2. The summed E-state index contributed by atoms with van der Waals surface area (Å²) in [6, 6.07) is 15.1. The molecule has 0 aliphatic heterocycles. The molecule has 2 N–H and O–H groups in total. The SMILES string of the molecule is CC(C)CC(N)c1ccc2ccccc2c1. The van der Waals surface area contributed by atoms with Gasteiger partial charge in [-0.15, -0.1) is 0 Å². The van der Waals surface area contributed by atoms with Gasteiger partial charge in [-0.25, -0.2) is 0 Å². The van der Waals surface area contributed by atoms with Crippen LogP contribution in [0.3, 0.4) is 0 Å². The fraction of sp³-hybridized carbons (Fsp3) is 0.333. The zero-order valence-electron chi connectivity index (χ0n) is 9.98. The van der Waals surface area contributed by atoms with Crippen LogP contribution in [0, 0.1) is 5.92 Å². The Balaban J connectivity index is 2.32. The highest BCUT2D eigenvalue weighted by Crippen LogP contribution is 2.23. The maximum absolute atomic E-state index is 6.19. The van der Waals surface area contributed by atoms with Gasteiger partial charge in [0.1, 0.15) is 0 Å². The molecule has 0 aliphatic rings. The first-order chi connectivity index (χ1) is 7.66. The van der Waals surface area contributed by atoms with Crippen molar-refractivity contribution in [2.45, 2.75) is 26.3 Å². The van der Waals surface area contributed by atoms with Gasteiger partial charge in [-0.3, -0.25) is 0 Å². The second-order valence-corrected chi connectivity index (χ2v) is 4.84. The largest absolute Gasteiger partial charge is 0.324 e. The molecular weight excluding hydrogens is 194 g/mol. The maximum atomic E-state index is 6.19. The Morgan fingerprint density at radius 2 is 1.69 bits per heavy atom. The summed E-state index contributed by atoms with van der Waals surface area (Å²) in [7, 11) is 0. The molecule has 0 bridgehead atoms. The number of hydrogen-bond acceptors (Lipinski definition) is 1. The van der Waals surface area contributed by atoms with E-state index in [9.17, 15) is 0 Å². The quantitative estimate of drug-likeness (QED) is 0.822. The van der Waals surface area contributed by atoms with Crippen LogP contribution in [0.4, 0.5) is 0 Å². The van der Waals surface area contributed by atoms with Crippen molar-refractivity contribution in [3.05, 3.63) is 48.0 Å². The maximum Gasteiger partial charge on any atom is 0.0297 e. The Bertz CT molecular complexity index is 474. The van der Waals surface area contributed by atoms with Gasteiger partial charge in [0.25, 0.3) is 0 Å². The van der Waals surface area contributed by atoms with Crippen molar-refractivity contribution in [2.75, 3.05) is 0 Å². The third kappa shape index (κ3) is 2.42. The van der Waals surface area contributed by atoms with Gasteiger partial charge in [0.2, 0.25) is 0 Å². The molecule has 0 aromatic heterocycles. The number of nitrogens with two attached hydrogens (primary N) is 1. The number of hydrogen-bond donors (Lipinski definition) is 1. The summed E-state index contributed by atoms with van der Waals surface area (Å²) < 4.78 is 0. The average molecular weight is 213 g/mol. The highest BCUT2D eigenvalue weighted by molar-refractivity contribution is 5.83. The van der Waals surface area contributed by atoms with Crippen molar-refractivity contribution in [2.24, 2.45) is 11.7 Å². The smallest absolute Gasteiger partial charge is 0.0297 e. The Morgan fingerprint density at radius 3 is 2.38 bits per heavy atom. The molecule has 1 nitrogen and oxygen atoms in total. The first-order valence-electron chi connectivity index (χ1n) is 5.91.